The molecule has 1 N–H and O–H groups in total. The Bertz CT molecular complexity index is 810. The summed E-state index contributed by atoms with van der Waals surface area (Å²) >= 11 is 0. The van der Waals surface area contributed by atoms with Crippen LogP contribution in [0, 0.1) is 25.7 Å². The fourth-order valence-electron chi connectivity index (χ4n) is 4.07. The molecular formula is C22H28N2O5. The quantitative estimate of drug-likeness (QED) is 0.585. The number of benzene rings is 1. The molecule has 1 saturated carbocycles. The zero-order valence-electron chi connectivity index (χ0n) is 17.2. The van der Waals surface area contributed by atoms with Crippen molar-refractivity contribution < 1.29 is 23.9 Å². The largest absolute Gasteiger partial charge is 0.452 e. The Morgan fingerprint density at radius 3 is 2.38 bits per heavy atom. The number of aryl methyl sites for hydroxylation is 2. The number of hydrogen-bond donors (Lipinski definition) is 1. The first kappa shape index (κ1) is 21.0. The molecule has 156 valence electrons. The van der Waals surface area contributed by atoms with Crippen LogP contribution < -0.4 is 5.32 Å². The summed E-state index contributed by atoms with van der Waals surface area (Å²) in [5, 5.41) is 2.77. The maximum absolute atomic E-state index is 12.4. The molecule has 1 saturated heterocycles. The number of hydrogen-bond acceptors (Lipinski definition) is 5. The first-order chi connectivity index (χ1) is 13.8. The number of fused-ring (bicyclic) bond motifs is 1. The molecule has 1 aromatic carbocycles. The molecule has 7 heteroatoms. The van der Waals surface area contributed by atoms with Gasteiger partial charge in [0.1, 0.15) is 0 Å². The van der Waals surface area contributed by atoms with Crippen LogP contribution in [0.15, 0.2) is 18.2 Å². The SMILES string of the molecule is Cc1ccc(C)c(NC(=O)[C@H](C)OC(=O)CCN2C(=O)[C@H]3CCCC[C@@H]3C2=O)c1. The van der Waals surface area contributed by atoms with Crippen molar-refractivity contribution in [2.24, 2.45) is 11.8 Å². The normalized spacial score (nSPS) is 22.2. The van der Waals surface area contributed by atoms with Crippen molar-refractivity contribution in [3.63, 3.8) is 0 Å². The monoisotopic (exact) mass is 400 g/mol. The topological polar surface area (TPSA) is 92.8 Å². The zero-order chi connectivity index (χ0) is 21.1. The number of nitrogens with one attached hydrogen (secondary N) is 1. The van der Waals surface area contributed by atoms with Crippen LogP contribution in [-0.2, 0) is 23.9 Å². The number of imide groups is 1. The van der Waals surface area contributed by atoms with E-state index in [-0.39, 0.29) is 36.6 Å². The Morgan fingerprint density at radius 2 is 1.76 bits per heavy atom. The summed E-state index contributed by atoms with van der Waals surface area (Å²) in [5.74, 6) is -1.83. The van der Waals surface area contributed by atoms with E-state index < -0.39 is 18.0 Å². The van der Waals surface area contributed by atoms with E-state index in [1.54, 1.807) is 0 Å². The number of carbonyl (C=O) groups excluding carboxylic acids is 4. The summed E-state index contributed by atoms with van der Waals surface area (Å²) in [5.41, 5.74) is 2.60. The van der Waals surface area contributed by atoms with Gasteiger partial charge >= 0.3 is 5.97 Å². The third-order valence-corrected chi connectivity index (χ3v) is 5.80. The predicted molar refractivity (Wildman–Crippen MR) is 107 cm³/mol. The second-order valence-electron chi connectivity index (χ2n) is 8.02. The summed E-state index contributed by atoms with van der Waals surface area (Å²) in [7, 11) is 0. The molecule has 0 bridgehead atoms. The summed E-state index contributed by atoms with van der Waals surface area (Å²) in [6, 6.07) is 5.71. The molecule has 7 nitrogen and oxygen atoms in total. The third-order valence-electron chi connectivity index (χ3n) is 5.80. The molecule has 3 rings (SSSR count). The second-order valence-corrected chi connectivity index (χ2v) is 8.02. The highest BCUT2D eigenvalue weighted by Crippen LogP contribution is 2.38. The van der Waals surface area contributed by atoms with Gasteiger partial charge in [-0.2, -0.15) is 0 Å². The van der Waals surface area contributed by atoms with E-state index in [0.29, 0.717) is 5.69 Å². The van der Waals surface area contributed by atoms with E-state index >= 15 is 0 Å². The van der Waals surface area contributed by atoms with Crippen LogP contribution in [0.25, 0.3) is 0 Å². The predicted octanol–water partition coefficient (Wildman–Crippen LogP) is 2.74. The Hall–Kier alpha value is -2.70. The molecule has 0 unspecified atom stereocenters. The van der Waals surface area contributed by atoms with Gasteiger partial charge in [0.2, 0.25) is 11.8 Å². The fourth-order valence-corrected chi connectivity index (χ4v) is 4.07. The molecule has 1 aliphatic heterocycles. The van der Waals surface area contributed by atoms with E-state index in [4.69, 9.17) is 4.74 Å². The van der Waals surface area contributed by atoms with Gasteiger partial charge in [-0.3, -0.25) is 24.1 Å². The third kappa shape index (κ3) is 4.66. The van der Waals surface area contributed by atoms with E-state index in [1.165, 1.54) is 11.8 Å². The molecule has 0 radical (unpaired) electrons. The summed E-state index contributed by atoms with van der Waals surface area (Å²) in [4.78, 5) is 50.6. The molecule has 3 amide bonds. The second kappa shape index (κ2) is 8.76. The van der Waals surface area contributed by atoms with Gasteiger partial charge in [0.05, 0.1) is 18.3 Å². The number of esters is 1. The van der Waals surface area contributed by atoms with Gasteiger partial charge in [-0.05, 0) is 50.8 Å². The first-order valence-corrected chi connectivity index (χ1v) is 10.2. The molecule has 3 atom stereocenters. The van der Waals surface area contributed by atoms with Crippen molar-refractivity contribution in [3.05, 3.63) is 29.3 Å². The fraction of sp³-hybridized carbons (Fsp3) is 0.545. The van der Waals surface area contributed by atoms with E-state index in [0.717, 1.165) is 36.8 Å². The maximum atomic E-state index is 12.4. The van der Waals surface area contributed by atoms with Crippen molar-refractivity contribution in [2.75, 3.05) is 11.9 Å². The number of carbonyl (C=O) groups is 4. The molecule has 1 aliphatic carbocycles. The minimum atomic E-state index is -0.977. The smallest absolute Gasteiger partial charge is 0.308 e. The Kier molecular flexibility index (Phi) is 6.35. The lowest BCUT2D eigenvalue weighted by atomic mass is 9.81. The molecule has 0 aromatic heterocycles. The molecule has 2 fully saturated rings. The van der Waals surface area contributed by atoms with Gasteiger partial charge in [-0.15, -0.1) is 0 Å². The Morgan fingerprint density at radius 1 is 1.14 bits per heavy atom. The first-order valence-electron chi connectivity index (χ1n) is 10.2. The van der Waals surface area contributed by atoms with Crippen LogP contribution in [-0.4, -0.2) is 41.2 Å². The molecule has 1 heterocycles. The average Bonchev–Trinajstić information content (AvgIpc) is 2.93. The molecule has 0 spiro atoms. The van der Waals surface area contributed by atoms with Crippen molar-refractivity contribution in [3.8, 4) is 0 Å². The van der Waals surface area contributed by atoms with E-state index in [1.807, 2.05) is 32.0 Å². The zero-order valence-corrected chi connectivity index (χ0v) is 17.2. The highest BCUT2D eigenvalue weighted by Gasteiger charge is 2.47. The van der Waals surface area contributed by atoms with Crippen LogP contribution in [0.2, 0.25) is 0 Å². The van der Waals surface area contributed by atoms with Gasteiger partial charge in [-0.1, -0.05) is 25.0 Å². The molecule has 29 heavy (non-hydrogen) atoms. The van der Waals surface area contributed by atoms with Crippen LogP contribution in [0.5, 0.6) is 0 Å². The lowest BCUT2D eigenvalue weighted by Gasteiger charge is -2.19. The minimum absolute atomic E-state index is 0.00876. The van der Waals surface area contributed by atoms with Crippen molar-refractivity contribution in [2.45, 2.75) is 59.0 Å². The number of nitrogens with zero attached hydrogens (tertiary/aromatic N) is 1. The van der Waals surface area contributed by atoms with Crippen molar-refractivity contribution in [1.29, 1.82) is 0 Å². The van der Waals surface area contributed by atoms with E-state index in [9.17, 15) is 19.2 Å². The van der Waals surface area contributed by atoms with Gasteiger partial charge in [0, 0.05) is 12.2 Å². The van der Waals surface area contributed by atoms with Gasteiger partial charge in [0.25, 0.3) is 5.91 Å². The van der Waals surface area contributed by atoms with Crippen LogP contribution in [0.1, 0.15) is 50.2 Å². The van der Waals surface area contributed by atoms with Gasteiger partial charge in [0.15, 0.2) is 6.10 Å². The average molecular weight is 400 g/mol. The van der Waals surface area contributed by atoms with Crippen molar-refractivity contribution >= 4 is 29.4 Å². The minimum Gasteiger partial charge on any atom is -0.452 e. The summed E-state index contributed by atoms with van der Waals surface area (Å²) in [6.45, 7) is 5.32. The number of ether oxygens (including phenoxy) is 1. The van der Waals surface area contributed by atoms with Gasteiger partial charge in [-0.25, -0.2) is 0 Å². The van der Waals surface area contributed by atoms with Crippen LogP contribution in [0.4, 0.5) is 5.69 Å². The summed E-state index contributed by atoms with van der Waals surface area (Å²) in [6.07, 6.45) is 2.32. The number of likely N-dealkylation sites (tertiary alicyclic amines) is 1. The standard InChI is InChI=1S/C22H28N2O5/c1-13-8-9-14(2)18(12-13)23-20(26)15(3)29-19(25)10-11-24-21(27)16-6-4-5-7-17(16)22(24)28/h8-9,12,15-17H,4-7,10-11H2,1-3H3,(H,23,26)/t15-,16-,17-/m0/s1. The lowest BCUT2D eigenvalue weighted by molar-refractivity contribution is -0.154. The maximum Gasteiger partial charge on any atom is 0.308 e. The molecule has 1 aromatic rings. The lowest BCUT2D eigenvalue weighted by Crippen LogP contribution is -2.35. The van der Waals surface area contributed by atoms with Gasteiger partial charge < -0.3 is 10.1 Å². The molecular weight excluding hydrogens is 372 g/mol. The number of amides is 3. The van der Waals surface area contributed by atoms with E-state index in [2.05, 4.69) is 5.32 Å². The van der Waals surface area contributed by atoms with Crippen LogP contribution in [0.3, 0.4) is 0 Å². The highest BCUT2D eigenvalue weighted by atomic mass is 16.5. The Balaban J connectivity index is 1.50. The number of anilines is 1. The number of rotatable bonds is 6. The van der Waals surface area contributed by atoms with Crippen molar-refractivity contribution in [1.82, 2.24) is 4.90 Å². The molecule has 2 aliphatic rings. The summed E-state index contributed by atoms with van der Waals surface area (Å²) < 4.78 is 5.20. The Labute approximate surface area is 170 Å². The van der Waals surface area contributed by atoms with Crippen LogP contribution >= 0.6 is 0 Å². The highest BCUT2D eigenvalue weighted by molar-refractivity contribution is 6.05.